The summed E-state index contributed by atoms with van der Waals surface area (Å²) in [6.45, 7) is 2.01. The first-order valence-corrected chi connectivity index (χ1v) is 7.90. The van der Waals surface area contributed by atoms with Crippen LogP contribution in [0, 0.1) is 6.92 Å². The Morgan fingerprint density at radius 2 is 1.94 bits per heavy atom. The van der Waals surface area contributed by atoms with E-state index in [-0.39, 0.29) is 17.4 Å². The molecule has 3 heterocycles. The first-order chi connectivity index (χ1) is 8.57. The molecular weight excluding hydrogens is 250 g/mol. The molecule has 3 rings (SSSR count). The quantitative estimate of drug-likeness (QED) is 0.780. The van der Waals surface area contributed by atoms with Crippen molar-refractivity contribution in [1.29, 1.82) is 0 Å². The van der Waals surface area contributed by atoms with E-state index in [4.69, 9.17) is 0 Å². The van der Waals surface area contributed by atoms with Crippen molar-refractivity contribution in [2.24, 2.45) is 0 Å². The van der Waals surface area contributed by atoms with E-state index >= 15 is 0 Å². The second kappa shape index (κ2) is 4.05. The van der Waals surface area contributed by atoms with Gasteiger partial charge in [-0.15, -0.1) is 10.2 Å². The first-order valence-electron chi connectivity index (χ1n) is 6.08. The molecule has 2 aromatic rings. The van der Waals surface area contributed by atoms with Crippen LogP contribution < -0.4 is 0 Å². The van der Waals surface area contributed by atoms with Crippen molar-refractivity contribution in [2.75, 3.05) is 11.5 Å². The van der Waals surface area contributed by atoms with Gasteiger partial charge in [0.05, 0.1) is 11.5 Å². The maximum absolute atomic E-state index is 11.5. The number of sulfone groups is 1. The Kier molecular flexibility index (Phi) is 2.62. The number of aromatic nitrogens is 3. The molecule has 0 spiro atoms. The number of hydrogen-bond acceptors (Lipinski definition) is 4. The lowest BCUT2D eigenvalue weighted by atomic mass is 10.0. The Bertz CT molecular complexity index is 676. The summed E-state index contributed by atoms with van der Waals surface area (Å²) < 4.78 is 24.9. The summed E-state index contributed by atoms with van der Waals surface area (Å²) >= 11 is 0. The van der Waals surface area contributed by atoms with Crippen LogP contribution in [0.3, 0.4) is 0 Å². The number of aryl methyl sites for hydroxylation is 1. The third-order valence-electron chi connectivity index (χ3n) is 3.57. The lowest BCUT2D eigenvalue weighted by Gasteiger charge is -2.20. The molecule has 1 aliphatic heterocycles. The fourth-order valence-corrected chi connectivity index (χ4v) is 4.03. The first kappa shape index (κ1) is 11.6. The third kappa shape index (κ3) is 1.90. The van der Waals surface area contributed by atoms with Gasteiger partial charge in [-0.2, -0.15) is 0 Å². The molecule has 18 heavy (non-hydrogen) atoms. The van der Waals surface area contributed by atoms with Crippen molar-refractivity contribution in [2.45, 2.75) is 25.7 Å². The minimum absolute atomic E-state index is 0.199. The molecule has 2 aromatic heterocycles. The Hall–Kier alpha value is -1.43. The molecule has 5 nitrogen and oxygen atoms in total. The molecule has 0 radical (unpaired) electrons. The fourth-order valence-electron chi connectivity index (χ4n) is 2.54. The largest absolute Gasteiger partial charge is 0.283 e. The average Bonchev–Trinajstić information content (AvgIpc) is 2.74. The van der Waals surface area contributed by atoms with Crippen LogP contribution in [0.5, 0.6) is 0 Å². The predicted molar refractivity (Wildman–Crippen MR) is 68.4 cm³/mol. The normalized spacial score (nSPS) is 20.3. The smallest absolute Gasteiger partial charge is 0.160 e. The standard InChI is InChI=1S/C12H15N3O2S/c1-9-3-2-4-11-13-14-12(15(9)11)10-5-7-18(16,17)8-6-10/h2-4,10H,5-8H2,1H3. The fraction of sp³-hybridized carbons (Fsp3) is 0.500. The Balaban J connectivity index is 2.01. The number of hydrogen-bond donors (Lipinski definition) is 0. The summed E-state index contributed by atoms with van der Waals surface area (Å²) in [5.74, 6) is 1.62. The highest BCUT2D eigenvalue weighted by Gasteiger charge is 2.28. The van der Waals surface area contributed by atoms with E-state index in [9.17, 15) is 8.42 Å². The summed E-state index contributed by atoms with van der Waals surface area (Å²) in [7, 11) is -2.83. The summed E-state index contributed by atoms with van der Waals surface area (Å²) in [6, 6.07) is 5.89. The van der Waals surface area contributed by atoms with Crippen molar-refractivity contribution in [3.63, 3.8) is 0 Å². The molecule has 0 atom stereocenters. The van der Waals surface area contributed by atoms with Gasteiger partial charge in [0.1, 0.15) is 15.7 Å². The zero-order valence-corrected chi connectivity index (χ0v) is 11.0. The molecule has 0 unspecified atom stereocenters. The van der Waals surface area contributed by atoms with E-state index in [0.29, 0.717) is 12.8 Å². The summed E-state index contributed by atoms with van der Waals surface area (Å²) in [6.07, 6.45) is 1.30. The lowest BCUT2D eigenvalue weighted by Crippen LogP contribution is -2.23. The number of pyridine rings is 1. The number of rotatable bonds is 1. The van der Waals surface area contributed by atoms with Crippen molar-refractivity contribution >= 4 is 15.5 Å². The van der Waals surface area contributed by atoms with Gasteiger partial charge in [0.15, 0.2) is 5.65 Å². The zero-order valence-electron chi connectivity index (χ0n) is 10.2. The Morgan fingerprint density at radius 3 is 2.67 bits per heavy atom. The molecule has 0 aliphatic carbocycles. The average molecular weight is 265 g/mol. The van der Waals surface area contributed by atoms with E-state index in [2.05, 4.69) is 10.2 Å². The second-order valence-corrected chi connectivity index (χ2v) is 7.15. The molecule has 96 valence electrons. The molecule has 0 saturated carbocycles. The van der Waals surface area contributed by atoms with Crippen LogP contribution in [0.1, 0.15) is 30.3 Å². The lowest BCUT2D eigenvalue weighted by molar-refractivity contribution is 0.533. The highest BCUT2D eigenvalue weighted by Crippen LogP contribution is 2.28. The van der Waals surface area contributed by atoms with Gasteiger partial charge in [-0.05, 0) is 31.9 Å². The van der Waals surface area contributed by atoms with Gasteiger partial charge in [0.2, 0.25) is 0 Å². The maximum Gasteiger partial charge on any atom is 0.160 e. The Morgan fingerprint density at radius 1 is 1.22 bits per heavy atom. The summed E-state index contributed by atoms with van der Waals surface area (Å²) in [4.78, 5) is 0. The van der Waals surface area contributed by atoms with Gasteiger partial charge in [0.25, 0.3) is 0 Å². The van der Waals surface area contributed by atoms with Crippen LogP contribution in [-0.2, 0) is 9.84 Å². The monoisotopic (exact) mass is 265 g/mol. The van der Waals surface area contributed by atoms with Gasteiger partial charge >= 0.3 is 0 Å². The topological polar surface area (TPSA) is 64.3 Å². The van der Waals surface area contributed by atoms with Crippen LogP contribution in [0.2, 0.25) is 0 Å². The SMILES string of the molecule is Cc1cccc2nnc(C3CCS(=O)(=O)CC3)n12. The van der Waals surface area contributed by atoms with Crippen molar-refractivity contribution < 1.29 is 8.42 Å². The van der Waals surface area contributed by atoms with E-state index < -0.39 is 9.84 Å². The van der Waals surface area contributed by atoms with Crippen molar-refractivity contribution in [1.82, 2.24) is 14.6 Å². The van der Waals surface area contributed by atoms with E-state index in [1.54, 1.807) is 0 Å². The van der Waals surface area contributed by atoms with E-state index in [0.717, 1.165) is 17.2 Å². The molecule has 1 saturated heterocycles. The second-order valence-electron chi connectivity index (χ2n) is 4.85. The van der Waals surface area contributed by atoms with Crippen LogP contribution in [0.15, 0.2) is 18.2 Å². The molecule has 0 aromatic carbocycles. The molecule has 0 bridgehead atoms. The molecule has 1 fully saturated rings. The highest BCUT2D eigenvalue weighted by molar-refractivity contribution is 7.91. The van der Waals surface area contributed by atoms with Crippen LogP contribution in [0.25, 0.3) is 5.65 Å². The minimum atomic E-state index is -2.83. The third-order valence-corrected chi connectivity index (χ3v) is 5.28. The van der Waals surface area contributed by atoms with E-state index in [1.807, 2.05) is 29.5 Å². The number of nitrogens with zero attached hydrogens (tertiary/aromatic N) is 3. The van der Waals surface area contributed by atoms with Crippen LogP contribution in [-0.4, -0.2) is 34.5 Å². The highest BCUT2D eigenvalue weighted by atomic mass is 32.2. The maximum atomic E-state index is 11.5. The predicted octanol–water partition coefficient (Wildman–Crippen LogP) is 1.33. The van der Waals surface area contributed by atoms with Gasteiger partial charge in [-0.25, -0.2) is 8.42 Å². The zero-order chi connectivity index (χ0) is 12.8. The summed E-state index contributed by atoms with van der Waals surface area (Å²) in [5, 5.41) is 8.40. The molecular formula is C12H15N3O2S. The molecule has 0 N–H and O–H groups in total. The molecule has 1 aliphatic rings. The van der Waals surface area contributed by atoms with Gasteiger partial charge in [0, 0.05) is 11.6 Å². The molecule has 0 amide bonds. The van der Waals surface area contributed by atoms with Gasteiger partial charge < -0.3 is 0 Å². The van der Waals surface area contributed by atoms with Gasteiger partial charge in [-0.1, -0.05) is 6.07 Å². The van der Waals surface area contributed by atoms with Crippen LogP contribution >= 0.6 is 0 Å². The number of fused-ring (bicyclic) bond motifs is 1. The molecule has 6 heteroatoms. The van der Waals surface area contributed by atoms with Crippen molar-refractivity contribution in [3.8, 4) is 0 Å². The van der Waals surface area contributed by atoms with E-state index in [1.165, 1.54) is 0 Å². The van der Waals surface area contributed by atoms with Gasteiger partial charge in [-0.3, -0.25) is 4.40 Å². The Labute approximate surface area is 106 Å². The van der Waals surface area contributed by atoms with Crippen molar-refractivity contribution in [3.05, 3.63) is 29.7 Å². The minimum Gasteiger partial charge on any atom is -0.283 e. The van der Waals surface area contributed by atoms with Crippen LogP contribution in [0.4, 0.5) is 0 Å². The summed E-state index contributed by atoms with van der Waals surface area (Å²) in [5.41, 5.74) is 1.92.